The molecule has 248 valence electrons. The zero-order valence-electron chi connectivity index (χ0n) is 28.4. The van der Waals surface area contributed by atoms with Crippen LogP contribution in [0.1, 0.15) is 0 Å². The number of hydrogen-bond donors (Lipinski definition) is 0. The molecular formula is C46H34N6. The maximum Gasteiger partial charge on any atom is 0.145 e. The number of anilines is 4. The van der Waals surface area contributed by atoms with Gasteiger partial charge >= 0.3 is 0 Å². The summed E-state index contributed by atoms with van der Waals surface area (Å²) in [4.78, 5) is 15.2. The highest BCUT2D eigenvalue weighted by Gasteiger charge is 2.26. The molecule has 0 spiro atoms. The fraction of sp³-hybridized carbons (Fsp3) is 0.0435. The third-order valence-electron chi connectivity index (χ3n) is 9.99. The summed E-state index contributed by atoms with van der Waals surface area (Å²) in [5.41, 5.74) is 13.1. The molecule has 0 saturated carbocycles. The van der Waals surface area contributed by atoms with Gasteiger partial charge in [0.05, 0.1) is 33.4 Å². The van der Waals surface area contributed by atoms with Crippen LogP contribution in [0.3, 0.4) is 0 Å². The van der Waals surface area contributed by atoms with Crippen LogP contribution in [-0.4, -0.2) is 32.2 Å². The molecule has 0 fully saturated rings. The second-order valence-corrected chi connectivity index (χ2v) is 13.1. The molecule has 52 heavy (non-hydrogen) atoms. The molecule has 0 unspecified atom stereocenters. The molecule has 1 aliphatic rings. The van der Waals surface area contributed by atoms with E-state index in [9.17, 15) is 0 Å². The van der Waals surface area contributed by atoms with Gasteiger partial charge in [-0.2, -0.15) is 0 Å². The van der Waals surface area contributed by atoms with E-state index in [0.717, 1.165) is 80.7 Å². The Morgan fingerprint density at radius 2 is 0.731 bits per heavy atom. The van der Waals surface area contributed by atoms with Gasteiger partial charge in [-0.15, -0.1) is 0 Å². The zero-order chi connectivity index (χ0) is 34.4. The van der Waals surface area contributed by atoms with Crippen molar-refractivity contribution in [1.29, 1.82) is 0 Å². The Hall–Kier alpha value is -6.92. The molecule has 0 aliphatic carbocycles. The monoisotopic (exact) mass is 670 g/mol. The van der Waals surface area contributed by atoms with Gasteiger partial charge in [0.1, 0.15) is 11.6 Å². The van der Waals surface area contributed by atoms with Gasteiger partial charge in [-0.05, 0) is 84.9 Å². The molecule has 0 N–H and O–H groups in total. The van der Waals surface area contributed by atoms with Crippen LogP contribution < -0.4 is 9.80 Å². The highest BCUT2D eigenvalue weighted by Crippen LogP contribution is 2.43. The molecule has 0 atom stereocenters. The Balaban J connectivity index is 1.03. The van der Waals surface area contributed by atoms with Gasteiger partial charge in [0.15, 0.2) is 0 Å². The van der Waals surface area contributed by atoms with E-state index >= 15 is 0 Å². The molecular weight excluding hydrogens is 637 g/mol. The van der Waals surface area contributed by atoms with Crippen LogP contribution >= 0.6 is 0 Å². The maximum absolute atomic E-state index is 5.14. The van der Waals surface area contributed by atoms with Crippen LogP contribution in [0.25, 0.3) is 56.2 Å². The molecule has 9 aromatic rings. The molecule has 3 heterocycles. The smallest absolute Gasteiger partial charge is 0.145 e. The van der Waals surface area contributed by atoms with Crippen molar-refractivity contribution < 1.29 is 0 Å². The van der Waals surface area contributed by atoms with Crippen molar-refractivity contribution >= 4 is 44.8 Å². The number of nitrogens with zero attached hydrogens (tertiary/aromatic N) is 6. The summed E-state index contributed by atoms with van der Waals surface area (Å²) < 4.78 is 4.53. The molecule has 1 aliphatic heterocycles. The van der Waals surface area contributed by atoms with Crippen molar-refractivity contribution in [3.63, 3.8) is 0 Å². The van der Waals surface area contributed by atoms with E-state index < -0.39 is 0 Å². The average molecular weight is 671 g/mol. The SMILES string of the molecule is c1ccc(-n2c(-c3cccc(N4CCN(c5cccc(-c6nc7ccccc7n6-c6ccccc6)c5)c5ccccc54)c3)nc3ccccc32)cc1. The van der Waals surface area contributed by atoms with Crippen LogP contribution in [0, 0.1) is 0 Å². The summed E-state index contributed by atoms with van der Waals surface area (Å²) in [5, 5.41) is 0. The summed E-state index contributed by atoms with van der Waals surface area (Å²) in [6.45, 7) is 1.64. The van der Waals surface area contributed by atoms with Gasteiger partial charge in [0, 0.05) is 47.0 Å². The minimum absolute atomic E-state index is 0.822. The van der Waals surface area contributed by atoms with E-state index in [-0.39, 0.29) is 0 Å². The maximum atomic E-state index is 5.14. The third kappa shape index (κ3) is 5.04. The predicted molar refractivity (Wildman–Crippen MR) is 213 cm³/mol. The Bertz CT molecular complexity index is 2520. The van der Waals surface area contributed by atoms with Gasteiger partial charge in [0.2, 0.25) is 0 Å². The van der Waals surface area contributed by atoms with E-state index in [1.54, 1.807) is 0 Å². The third-order valence-corrected chi connectivity index (χ3v) is 9.99. The van der Waals surface area contributed by atoms with Gasteiger partial charge in [-0.25, -0.2) is 9.97 Å². The molecule has 0 bridgehead atoms. The van der Waals surface area contributed by atoms with Gasteiger partial charge in [-0.3, -0.25) is 9.13 Å². The largest absolute Gasteiger partial charge is 0.338 e. The highest BCUT2D eigenvalue weighted by atomic mass is 15.3. The standard InChI is InChI=1S/C46H34N6/c1-3-17-35(18-4-1)51-41-25-9-7-23-39(41)47-45(51)33-15-13-21-37(31-33)49-29-30-50(44-28-12-11-27-43(44)49)38-22-14-16-34(32-38)46-48-40-24-8-10-26-42(40)52(46)36-19-5-2-6-20-36/h1-28,31-32H,29-30H2. The first-order valence-electron chi connectivity index (χ1n) is 17.7. The lowest BCUT2D eigenvalue weighted by Crippen LogP contribution is -2.36. The van der Waals surface area contributed by atoms with E-state index in [0.29, 0.717) is 0 Å². The number of hydrogen-bond acceptors (Lipinski definition) is 4. The van der Waals surface area contributed by atoms with Crippen molar-refractivity contribution in [2.75, 3.05) is 22.9 Å². The number of benzene rings is 7. The van der Waals surface area contributed by atoms with E-state index in [2.05, 4.69) is 201 Å². The van der Waals surface area contributed by atoms with Crippen molar-refractivity contribution in [1.82, 2.24) is 19.1 Å². The van der Waals surface area contributed by atoms with Gasteiger partial charge in [0.25, 0.3) is 0 Å². The second-order valence-electron chi connectivity index (χ2n) is 13.1. The molecule has 2 aromatic heterocycles. The summed E-state index contributed by atoms with van der Waals surface area (Å²) >= 11 is 0. The summed E-state index contributed by atoms with van der Waals surface area (Å²) in [6, 6.07) is 64.0. The summed E-state index contributed by atoms with van der Waals surface area (Å²) in [6.07, 6.45) is 0. The van der Waals surface area contributed by atoms with Crippen molar-refractivity contribution in [3.05, 3.63) is 182 Å². The quantitative estimate of drug-likeness (QED) is 0.177. The number of aromatic nitrogens is 4. The summed E-state index contributed by atoms with van der Waals surface area (Å²) in [5.74, 6) is 1.86. The van der Waals surface area contributed by atoms with Crippen LogP contribution in [0.15, 0.2) is 182 Å². The van der Waals surface area contributed by atoms with Crippen molar-refractivity contribution in [2.45, 2.75) is 0 Å². The fourth-order valence-electron chi connectivity index (χ4n) is 7.64. The van der Waals surface area contributed by atoms with Crippen molar-refractivity contribution in [2.24, 2.45) is 0 Å². The van der Waals surface area contributed by atoms with E-state index in [1.807, 2.05) is 0 Å². The fourth-order valence-corrected chi connectivity index (χ4v) is 7.64. The first-order valence-corrected chi connectivity index (χ1v) is 17.7. The van der Waals surface area contributed by atoms with E-state index in [4.69, 9.17) is 9.97 Å². The Morgan fingerprint density at radius 3 is 1.19 bits per heavy atom. The molecule has 7 aromatic carbocycles. The summed E-state index contributed by atoms with van der Waals surface area (Å²) in [7, 11) is 0. The minimum Gasteiger partial charge on any atom is -0.338 e. The van der Waals surface area contributed by atoms with Crippen LogP contribution in [0.4, 0.5) is 22.7 Å². The number of rotatable bonds is 6. The lowest BCUT2D eigenvalue weighted by Gasteiger charge is -2.39. The second kappa shape index (κ2) is 12.4. The Morgan fingerprint density at radius 1 is 0.346 bits per heavy atom. The van der Waals surface area contributed by atoms with E-state index in [1.165, 1.54) is 11.4 Å². The van der Waals surface area contributed by atoms with Gasteiger partial charge in [-0.1, -0.05) is 97.1 Å². The van der Waals surface area contributed by atoms with Crippen LogP contribution in [0.2, 0.25) is 0 Å². The average Bonchev–Trinajstić information content (AvgIpc) is 3.81. The van der Waals surface area contributed by atoms with Gasteiger partial charge < -0.3 is 9.80 Å². The number of para-hydroxylation sites is 8. The molecule has 0 saturated heterocycles. The first kappa shape index (κ1) is 29.9. The normalized spacial score (nSPS) is 12.8. The number of fused-ring (bicyclic) bond motifs is 3. The lowest BCUT2D eigenvalue weighted by molar-refractivity contribution is 0.850. The molecule has 0 amide bonds. The first-order chi connectivity index (χ1) is 25.8. The lowest BCUT2D eigenvalue weighted by atomic mass is 10.1. The highest BCUT2D eigenvalue weighted by molar-refractivity contribution is 5.88. The zero-order valence-corrected chi connectivity index (χ0v) is 28.4. The minimum atomic E-state index is 0.822. The number of imidazole rings is 2. The molecule has 6 nitrogen and oxygen atoms in total. The molecule has 6 heteroatoms. The predicted octanol–water partition coefficient (Wildman–Crippen LogP) is 11.0. The van der Waals surface area contributed by atoms with Crippen LogP contribution in [0.5, 0.6) is 0 Å². The topological polar surface area (TPSA) is 42.1 Å². The Kier molecular flexibility index (Phi) is 7.17. The van der Waals surface area contributed by atoms with Crippen LogP contribution in [-0.2, 0) is 0 Å². The van der Waals surface area contributed by atoms with Crippen molar-refractivity contribution in [3.8, 4) is 34.2 Å². The molecule has 10 rings (SSSR count). The molecule has 0 radical (unpaired) electrons. The Labute approximate surface area is 302 Å².